The van der Waals surface area contributed by atoms with E-state index in [-0.39, 0.29) is 0 Å². The molecule has 0 radical (unpaired) electrons. The van der Waals surface area contributed by atoms with Gasteiger partial charge < -0.3 is 13.9 Å². The third kappa shape index (κ3) is 6.59. The molecule has 0 aliphatic heterocycles. The Balaban J connectivity index is 0.877. The van der Waals surface area contributed by atoms with E-state index < -0.39 is 0 Å². The molecule has 0 unspecified atom stereocenters. The second-order valence-corrected chi connectivity index (χ2v) is 17.2. The number of hydrogen-bond donors (Lipinski definition) is 0. The fourth-order valence-electron chi connectivity index (χ4n) is 10.3. The Bertz CT molecular complexity index is 3910. The van der Waals surface area contributed by atoms with Crippen molar-refractivity contribution in [1.82, 2.24) is 4.57 Å². The molecule has 3 nitrogen and oxygen atoms in total. The topological polar surface area (TPSA) is 21.3 Å². The van der Waals surface area contributed by atoms with Crippen LogP contribution in [0.1, 0.15) is 0 Å². The summed E-state index contributed by atoms with van der Waals surface area (Å²) in [6, 6.07) is 91.9. The first kappa shape index (κ1) is 38.5. The Kier molecular flexibility index (Phi) is 9.17. The van der Waals surface area contributed by atoms with Crippen molar-refractivity contribution < 1.29 is 4.42 Å². The maximum Gasteiger partial charge on any atom is 0.136 e. The van der Waals surface area contributed by atoms with Gasteiger partial charge in [-0.1, -0.05) is 188 Å². The smallest absolute Gasteiger partial charge is 0.136 e. The van der Waals surface area contributed by atoms with Crippen LogP contribution in [0.3, 0.4) is 0 Å². The molecule has 0 atom stereocenters. The fourth-order valence-corrected chi connectivity index (χ4v) is 10.3. The molecule has 2 aromatic heterocycles. The van der Waals surface area contributed by atoms with Crippen molar-refractivity contribution in [3.05, 3.63) is 255 Å². The summed E-state index contributed by atoms with van der Waals surface area (Å²) in [5.41, 5.74) is 17.9. The third-order valence-electron chi connectivity index (χ3n) is 13.4. The molecule has 0 fully saturated rings. The Morgan fingerprint density at radius 1 is 0.313 bits per heavy atom. The van der Waals surface area contributed by atoms with Crippen molar-refractivity contribution in [2.75, 3.05) is 4.90 Å². The number of rotatable bonds is 8. The number of hydrogen-bond acceptors (Lipinski definition) is 2. The summed E-state index contributed by atoms with van der Waals surface area (Å²) in [5, 5.41) is 7.24. The summed E-state index contributed by atoms with van der Waals surface area (Å²) < 4.78 is 8.77. The molecule has 11 aromatic carbocycles. The van der Waals surface area contributed by atoms with E-state index in [9.17, 15) is 0 Å². The molecule has 0 spiro atoms. The van der Waals surface area contributed by atoms with Gasteiger partial charge in [0.1, 0.15) is 11.2 Å². The molecule has 13 rings (SSSR count). The predicted octanol–water partition coefficient (Wildman–Crippen LogP) is 18.0. The summed E-state index contributed by atoms with van der Waals surface area (Å²) in [6.45, 7) is 0. The maximum atomic E-state index is 6.39. The van der Waals surface area contributed by atoms with Crippen molar-refractivity contribution in [2.45, 2.75) is 0 Å². The van der Waals surface area contributed by atoms with Crippen LogP contribution in [-0.4, -0.2) is 4.57 Å². The van der Waals surface area contributed by atoms with E-state index in [1.54, 1.807) is 0 Å². The average molecular weight is 855 g/mol. The van der Waals surface area contributed by atoms with Crippen molar-refractivity contribution in [3.8, 4) is 50.2 Å². The average Bonchev–Trinajstić information content (AvgIpc) is 3.96. The molecule has 0 N–H and O–H groups in total. The second kappa shape index (κ2) is 16.0. The van der Waals surface area contributed by atoms with Crippen LogP contribution < -0.4 is 4.90 Å². The molecule has 0 amide bonds. The largest absolute Gasteiger partial charge is 0.456 e. The highest BCUT2D eigenvalue weighted by Crippen LogP contribution is 2.45. The molecule has 67 heavy (non-hydrogen) atoms. The number of nitrogens with zero attached hydrogens (tertiary/aromatic N) is 2. The van der Waals surface area contributed by atoms with Crippen molar-refractivity contribution >= 4 is 71.6 Å². The Labute approximate surface area is 388 Å². The van der Waals surface area contributed by atoms with Gasteiger partial charge in [-0.25, -0.2) is 0 Å². The van der Waals surface area contributed by atoms with Gasteiger partial charge >= 0.3 is 0 Å². The van der Waals surface area contributed by atoms with E-state index >= 15 is 0 Å². The van der Waals surface area contributed by atoms with Gasteiger partial charge in [0.15, 0.2) is 0 Å². The van der Waals surface area contributed by atoms with E-state index in [1.807, 2.05) is 6.07 Å². The summed E-state index contributed by atoms with van der Waals surface area (Å²) >= 11 is 0. The number of anilines is 3. The van der Waals surface area contributed by atoms with Gasteiger partial charge in [0.2, 0.25) is 0 Å². The number of benzene rings is 11. The van der Waals surface area contributed by atoms with Gasteiger partial charge in [0.05, 0.1) is 16.7 Å². The number of aromatic nitrogens is 1. The fraction of sp³-hybridized carbons (Fsp3) is 0. The molecule has 0 bridgehead atoms. The minimum atomic E-state index is 0.880. The van der Waals surface area contributed by atoms with Gasteiger partial charge in [-0.05, 0) is 116 Å². The first-order valence-electron chi connectivity index (χ1n) is 22.9. The highest BCUT2D eigenvalue weighted by Gasteiger charge is 2.21. The van der Waals surface area contributed by atoms with E-state index in [0.717, 1.165) is 61.4 Å². The van der Waals surface area contributed by atoms with Gasteiger partial charge in [-0.3, -0.25) is 0 Å². The lowest BCUT2D eigenvalue weighted by atomic mass is 9.96. The van der Waals surface area contributed by atoms with Crippen molar-refractivity contribution in [2.24, 2.45) is 0 Å². The lowest BCUT2D eigenvalue weighted by molar-refractivity contribution is 0.669. The van der Waals surface area contributed by atoms with Crippen LogP contribution >= 0.6 is 0 Å². The van der Waals surface area contributed by atoms with Crippen LogP contribution in [0.4, 0.5) is 17.1 Å². The van der Waals surface area contributed by atoms with E-state index in [2.05, 4.69) is 258 Å². The van der Waals surface area contributed by atoms with Gasteiger partial charge in [0.25, 0.3) is 0 Å². The third-order valence-corrected chi connectivity index (χ3v) is 13.4. The lowest BCUT2D eigenvalue weighted by Gasteiger charge is -2.28. The first-order chi connectivity index (χ1) is 33.2. The van der Waals surface area contributed by atoms with Crippen LogP contribution in [0, 0.1) is 0 Å². The molecular formula is C64H42N2O. The second-order valence-electron chi connectivity index (χ2n) is 17.2. The van der Waals surface area contributed by atoms with Crippen molar-refractivity contribution in [1.29, 1.82) is 0 Å². The van der Waals surface area contributed by atoms with Crippen molar-refractivity contribution in [3.63, 3.8) is 0 Å². The minimum Gasteiger partial charge on any atom is -0.456 e. The molecule has 314 valence electrons. The van der Waals surface area contributed by atoms with Gasteiger partial charge in [-0.15, -0.1) is 0 Å². The highest BCUT2D eigenvalue weighted by molar-refractivity contribution is 6.14. The number of para-hydroxylation sites is 4. The molecule has 3 heteroatoms. The van der Waals surface area contributed by atoms with Crippen LogP contribution in [0.2, 0.25) is 0 Å². The highest BCUT2D eigenvalue weighted by atomic mass is 16.3. The van der Waals surface area contributed by atoms with Gasteiger partial charge in [0, 0.05) is 44.2 Å². The summed E-state index contributed by atoms with van der Waals surface area (Å²) in [4.78, 5) is 2.39. The maximum absolute atomic E-state index is 6.39. The van der Waals surface area contributed by atoms with E-state index in [1.165, 1.54) is 60.4 Å². The molecule has 2 heterocycles. The monoisotopic (exact) mass is 854 g/mol. The van der Waals surface area contributed by atoms with Crippen LogP contribution in [-0.2, 0) is 0 Å². The zero-order valence-corrected chi connectivity index (χ0v) is 36.6. The quantitative estimate of drug-likeness (QED) is 0.152. The molecule has 0 saturated carbocycles. The Hall–Kier alpha value is -8.92. The zero-order valence-electron chi connectivity index (χ0n) is 36.6. The summed E-state index contributed by atoms with van der Waals surface area (Å²) in [5.74, 6) is 0. The van der Waals surface area contributed by atoms with Crippen LogP contribution in [0.25, 0.3) is 105 Å². The molecule has 0 aliphatic rings. The van der Waals surface area contributed by atoms with E-state index in [4.69, 9.17) is 4.42 Å². The predicted molar refractivity (Wildman–Crippen MR) is 282 cm³/mol. The normalized spacial score (nSPS) is 11.6. The van der Waals surface area contributed by atoms with Gasteiger partial charge in [-0.2, -0.15) is 0 Å². The Morgan fingerprint density at radius 3 is 1.54 bits per heavy atom. The first-order valence-corrected chi connectivity index (χ1v) is 22.9. The number of fused-ring (bicyclic) bond motifs is 7. The van der Waals surface area contributed by atoms with E-state index in [0.29, 0.717) is 0 Å². The lowest BCUT2D eigenvalue weighted by Crippen LogP contribution is -2.11. The Morgan fingerprint density at radius 2 is 0.806 bits per heavy atom. The molecule has 0 saturated heterocycles. The zero-order chi connectivity index (χ0) is 44.3. The standard InChI is InChI=1S/C64H42N2O/c1-2-18-52-46(14-1)15-12-23-53(52)47-36-40-50(41-37-47)65(59-25-7-5-21-56(59)57-24-13-29-63-64(57)58-22-6-10-28-62(58)67-63)49-38-34-44(35-39-49)43-30-32-45(33-31-43)48-16-11-17-51(42-48)66-60-26-8-3-19-54(60)55-20-4-9-27-61(55)66/h1-42H. The summed E-state index contributed by atoms with van der Waals surface area (Å²) in [7, 11) is 0. The SMILES string of the molecule is c1cc(-c2ccc(-c3ccc(N(c4ccc(-c5cccc6ccccc56)cc4)c4ccccc4-c4cccc5oc6ccccc6c45)cc3)cc2)cc(-n2c3ccccc3c3ccccc32)c1. The molecule has 13 aromatic rings. The molecular weight excluding hydrogens is 813 g/mol. The van der Waals surface area contributed by atoms with Crippen LogP contribution in [0.5, 0.6) is 0 Å². The molecule has 0 aliphatic carbocycles. The number of furan rings is 1. The van der Waals surface area contributed by atoms with Crippen LogP contribution in [0.15, 0.2) is 259 Å². The summed E-state index contributed by atoms with van der Waals surface area (Å²) in [6.07, 6.45) is 0. The minimum absolute atomic E-state index is 0.880.